The molecule has 0 aliphatic heterocycles. The molecule has 0 spiro atoms. The Labute approximate surface area is 86.7 Å². The van der Waals surface area contributed by atoms with Gasteiger partial charge < -0.3 is 4.74 Å². The summed E-state index contributed by atoms with van der Waals surface area (Å²) in [5.41, 5.74) is -0.344. The van der Waals surface area contributed by atoms with Gasteiger partial charge in [-0.2, -0.15) is 0 Å². The standard InChI is InChI=1S/C10H12N2O3/c1-12-8(6-3-4-6)11-5-7(9(12)13)10(14)15-2/h5-6H,3-4H2,1-2H3. The predicted molar refractivity (Wildman–Crippen MR) is 52.8 cm³/mol. The predicted octanol–water partition coefficient (Wildman–Crippen LogP) is 0.444. The number of carbonyl (C=O) groups is 1. The van der Waals surface area contributed by atoms with Gasteiger partial charge in [-0.25, -0.2) is 9.78 Å². The monoisotopic (exact) mass is 208 g/mol. The minimum atomic E-state index is -0.634. The van der Waals surface area contributed by atoms with Crippen LogP contribution in [-0.2, 0) is 11.8 Å². The number of hydrogen-bond donors (Lipinski definition) is 0. The van der Waals surface area contributed by atoms with Crippen molar-refractivity contribution in [2.75, 3.05) is 7.11 Å². The van der Waals surface area contributed by atoms with E-state index in [4.69, 9.17) is 0 Å². The second-order valence-electron chi connectivity index (χ2n) is 3.66. The van der Waals surface area contributed by atoms with Crippen molar-refractivity contribution in [1.29, 1.82) is 0 Å². The number of methoxy groups -OCH3 is 1. The largest absolute Gasteiger partial charge is 0.465 e. The third kappa shape index (κ3) is 1.65. The molecule has 0 aromatic carbocycles. The lowest BCUT2D eigenvalue weighted by Crippen LogP contribution is -2.28. The van der Waals surface area contributed by atoms with E-state index in [1.165, 1.54) is 17.9 Å². The molecule has 1 aliphatic carbocycles. The average Bonchev–Trinajstić information content (AvgIpc) is 3.04. The Hall–Kier alpha value is -1.65. The first kappa shape index (κ1) is 9.89. The molecule has 5 heteroatoms. The van der Waals surface area contributed by atoms with Gasteiger partial charge in [0.05, 0.1) is 7.11 Å². The van der Waals surface area contributed by atoms with E-state index in [1.807, 2.05) is 0 Å². The van der Waals surface area contributed by atoms with Crippen molar-refractivity contribution in [1.82, 2.24) is 9.55 Å². The van der Waals surface area contributed by atoms with Crippen LogP contribution in [-0.4, -0.2) is 22.6 Å². The zero-order valence-electron chi connectivity index (χ0n) is 8.69. The summed E-state index contributed by atoms with van der Waals surface area (Å²) >= 11 is 0. The summed E-state index contributed by atoms with van der Waals surface area (Å²) in [5.74, 6) is 0.507. The summed E-state index contributed by atoms with van der Waals surface area (Å²) in [7, 11) is 2.88. The Morgan fingerprint density at radius 1 is 1.60 bits per heavy atom. The molecule has 1 saturated carbocycles. The summed E-state index contributed by atoms with van der Waals surface area (Å²) in [6.07, 6.45) is 3.44. The number of hydrogen-bond acceptors (Lipinski definition) is 4. The van der Waals surface area contributed by atoms with E-state index >= 15 is 0 Å². The maximum Gasteiger partial charge on any atom is 0.345 e. The van der Waals surface area contributed by atoms with Crippen molar-refractivity contribution in [2.45, 2.75) is 18.8 Å². The van der Waals surface area contributed by atoms with Crippen LogP contribution in [0.5, 0.6) is 0 Å². The molecule has 2 rings (SSSR count). The Bertz CT molecular complexity index is 460. The van der Waals surface area contributed by atoms with Gasteiger partial charge in [-0.05, 0) is 12.8 Å². The van der Waals surface area contributed by atoms with E-state index in [0.29, 0.717) is 5.92 Å². The molecule has 0 saturated heterocycles. The average molecular weight is 208 g/mol. The van der Waals surface area contributed by atoms with Crippen LogP contribution >= 0.6 is 0 Å². The molecule has 1 fully saturated rings. The number of rotatable bonds is 2. The highest BCUT2D eigenvalue weighted by atomic mass is 16.5. The topological polar surface area (TPSA) is 61.2 Å². The molecule has 1 heterocycles. The van der Waals surface area contributed by atoms with E-state index in [-0.39, 0.29) is 11.1 Å². The SMILES string of the molecule is COC(=O)c1cnc(C2CC2)n(C)c1=O. The van der Waals surface area contributed by atoms with Gasteiger partial charge >= 0.3 is 5.97 Å². The van der Waals surface area contributed by atoms with Crippen molar-refractivity contribution in [3.8, 4) is 0 Å². The van der Waals surface area contributed by atoms with Gasteiger partial charge in [0.2, 0.25) is 0 Å². The summed E-state index contributed by atoms with van der Waals surface area (Å²) in [5, 5.41) is 0. The van der Waals surface area contributed by atoms with E-state index in [1.54, 1.807) is 7.05 Å². The second kappa shape index (κ2) is 3.49. The lowest BCUT2D eigenvalue weighted by molar-refractivity contribution is 0.0597. The smallest absolute Gasteiger partial charge is 0.345 e. The minimum Gasteiger partial charge on any atom is -0.465 e. The summed E-state index contributed by atoms with van der Waals surface area (Å²) in [6, 6.07) is 0. The van der Waals surface area contributed by atoms with Crippen LogP contribution in [0.15, 0.2) is 11.0 Å². The Balaban J connectivity index is 2.48. The molecule has 80 valence electrons. The second-order valence-corrected chi connectivity index (χ2v) is 3.66. The molecule has 1 aromatic rings. The molecule has 1 aromatic heterocycles. The number of esters is 1. The lowest BCUT2D eigenvalue weighted by Gasteiger charge is -2.06. The van der Waals surface area contributed by atoms with E-state index in [0.717, 1.165) is 18.7 Å². The Morgan fingerprint density at radius 3 is 2.80 bits per heavy atom. The van der Waals surface area contributed by atoms with Gasteiger partial charge in [0, 0.05) is 19.2 Å². The summed E-state index contributed by atoms with van der Waals surface area (Å²) < 4.78 is 5.93. The van der Waals surface area contributed by atoms with Crippen LogP contribution in [0.3, 0.4) is 0 Å². The zero-order valence-corrected chi connectivity index (χ0v) is 8.69. The third-order valence-electron chi connectivity index (χ3n) is 2.55. The van der Waals surface area contributed by atoms with Gasteiger partial charge in [-0.3, -0.25) is 9.36 Å². The van der Waals surface area contributed by atoms with Crippen LogP contribution < -0.4 is 5.56 Å². The highest BCUT2D eigenvalue weighted by molar-refractivity contribution is 5.88. The normalized spacial score (nSPS) is 15.1. The first-order valence-corrected chi connectivity index (χ1v) is 4.79. The van der Waals surface area contributed by atoms with Gasteiger partial charge in [-0.1, -0.05) is 0 Å². The number of carbonyl (C=O) groups excluding carboxylic acids is 1. The number of nitrogens with zero attached hydrogens (tertiary/aromatic N) is 2. The van der Waals surface area contributed by atoms with E-state index < -0.39 is 5.97 Å². The van der Waals surface area contributed by atoms with Crippen LogP contribution in [0.25, 0.3) is 0 Å². The van der Waals surface area contributed by atoms with E-state index in [2.05, 4.69) is 9.72 Å². The molecule has 0 atom stereocenters. The van der Waals surface area contributed by atoms with Gasteiger partial charge in [0.25, 0.3) is 5.56 Å². The molecular weight excluding hydrogens is 196 g/mol. The van der Waals surface area contributed by atoms with Crippen LogP contribution in [0.2, 0.25) is 0 Å². The number of ether oxygens (including phenoxy) is 1. The quantitative estimate of drug-likeness (QED) is 0.662. The molecule has 0 amide bonds. The zero-order chi connectivity index (χ0) is 11.0. The highest BCUT2D eigenvalue weighted by Crippen LogP contribution is 2.38. The van der Waals surface area contributed by atoms with Crippen molar-refractivity contribution in [2.24, 2.45) is 7.05 Å². The van der Waals surface area contributed by atoms with Crippen LogP contribution in [0.4, 0.5) is 0 Å². The third-order valence-corrected chi connectivity index (χ3v) is 2.55. The van der Waals surface area contributed by atoms with Crippen molar-refractivity contribution in [3.63, 3.8) is 0 Å². The van der Waals surface area contributed by atoms with Crippen molar-refractivity contribution < 1.29 is 9.53 Å². The lowest BCUT2D eigenvalue weighted by atomic mass is 10.3. The minimum absolute atomic E-state index is 0.00981. The number of aromatic nitrogens is 2. The van der Waals surface area contributed by atoms with Crippen molar-refractivity contribution >= 4 is 5.97 Å². The van der Waals surface area contributed by atoms with Crippen LogP contribution in [0.1, 0.15) is 34.9 Å². The van der Waals surface area contributed by atoms with E-state index in [9.17, 15) is 9.59 Å². The summed E-state index contributed by atoms with van der Waals surface area (Å²) in [4.78, 5) is 27.1. The first-order valence-electron chi connectivity index (χ1n) is 4.79. The molecular formula is C10H12N2O3. The van der Waals surface area contributed by atoms with Crippen molar-refractivity contribution in [3.05, 3.63) is 27.9 Å². The van der Waals surface area contributed by atoms with Gasteiger partial charge in [-0.15, -0.1) is 0 Å². The fraction of sp³-hybridized carbons (Fsp3) is 0.500. The molecule has 0 N–H and O–H groups in total. The van der Waals surface area contributed by atoms with Crippen LogP contribution in [0, 0.1) is 0 Å². The molecule has 0 radical (unpaired) electrons. The first-order chi connectivity index (χ1) is 7.15. The fourth-order valence-corrected chi connectivity index (χ4v) is 1.53. The maximum absolute atomic E-state index is 11.7. The summed E-state index contributed by atoms with van der Waals surface area (Å²) in [6.45, 7) is 0. The van der Waals surface area contributed by atoms with Gasteiger partial charge in [0.15, 0.2) is 0 Å². The molecule has 15 heavy (non-hydrogen) atoms. The Morgan fingerprint density at radius 2 is 2.27 bits per heavy atom. The molecule has 0 bridgehead atoms. The fourth-order valence-electron chi connectivity index (χ4n) is 1.53. The highest BCUT2D eigenvalue weighted by Gasteiger charge is 2.28. The maximum atomic E-state index is 11.7. The molecule has 5 nitrogen and oxygen atoms in total. The molecule has 1 aliphatic rings. The Kier molecular flexibility index (Phi) is 2.30. The van der Waals surface area contributed by atoms with Gasteiger partial charge in [0.1, 0.15) is 11.4 Å². The molecule has 0 unspecified atom stereocenters.